The van der Waals surface area contributed by atoms with E-state index in [1.54, 1.807) is 10.7 Å². The van der Waals surface area contributed by atoms with E-state index < -0.39 is 5.54 Å². The van der Waals surface area contributed by atoms with Crippen molar-refractivity contribution in [3.05, 3.63) is 71.7 Å². The maximum absolute atomic E-state index is 13.7. The zero-order valence-electron chi connectivity index (χ0n) is 15.7. The molecule has 1 atom stereocenters. The highest BCUT2D eigenvalue weighted by Gasteiger charge is 2.55. The van der Waals surface area contributed by atoms with Crippen LogP contribution in [0.1, 0.15) is 30.9 Å². The van der Waals surface area contributed by atoms with E-state index in [1.165, 1.54) is 6.07 Å². The second-order valence-corrected chi connectivity index (χ2v) is 7.85. The molecular formula is C22H21FN4O. The number of rotatable bonds is 3. The zero-order valence-corrected chi connectivity index (χ0v) is 15.7. The summed E-state index contributed by atoms with van der Waals surface area (Å²) in [6.45, 7) is 2.49. The molecule has 2 aromatic carbocycles. The molecule has 1 fully saturated rings. The van der Waals surface area contributed by atoms with Gasteiger partial charge < -0.3 is 4.90 Å². The summed E-state index contributed by atoms with van der Waals surface area (Å²) in [6, 6.07) is 14.8. The number of amides is 1. The largest absolute Gasteiger partial charge is 0.333 e. The Morgan fingerprint density at radius 3 is 2.68 bits per heavy atom. The maximum atomic E-state index is 13.7. The van der Waals surface area contributed by atoms with Crippen molar-refractivity contribution in [3.8, 4) is 11.3 Å². The Kier molecular flexibility index (Phi) is 3.82. The normalized spacial score (nSPS) is 19.9. The molecule has 5 rings (SSSR count). The number of carbonyl (C=O) groups is 1. The second-order valence-electron chi connectivity index (χ2n) is 7.85. The predicted molar refractivity (Wildman–Crippen MR) is 103 cm³/mol. The Morgan fingerprint density at radius 2 is 1.93 bits per heavy atom. The first-order valence-corrected chi connectivity index (χ1v) is 9.63. The molecule has 1 aliphatic heterocycles. The third-order valence-corrected chi connectivity index (χ3v) is 5.94. The monoisotopic (exact) mass is 376 g/mol. The van der Waals surface area contributed by atoms with Crippen molar-refractivity contribution in [1.82, 2.24) is 19.9 Å². The number of hydrogen-bond acceptors (Lipinski definition) is 3. The van der Waals surface area contributed by atoms with Crippen molar-refractivity contribution in [2.24, 2.45) is 0 Å². The highest BCUT2D eigenvalue weighted by Crippen LogP contribution is 2.46. The number of carbonyl (C=O) groups excluding carboxylic acids is 1. The quantitative estimate of drug-likeness (QED) is 0.702. The van der Waals surface area contributed by atoms with Crippen LogP contribution < -0.4 is 0 Å². The first-order chi connectivity index (χ1) is 13.6. The summed E-state index contributed by atoms with van der Waals surface area (Å²) in [5.41, 5.74) is 3.10. The lowest BCUT2D eigenvalue weighted by Crippen LogP contribution is -2.49. The van der Waals surface area contributed by atoms with Crippen molar-refractivity contribution >= 4 is 5.91 Å². The summed E-state index contributed by atoms with van der Waals surface area (Å²) in [6.07, 6.45) is 4.11. The van der Waals surface area contributed by atoms with Gasteiger partial charge in [0.15, 0.2) is 0 Å². The number of hydrogen-bond donors (Lipinski definition) is 0. The van der Waals surface area contributed by atoms with Gasteiger partial charge in [-0.25, -0.2) is 9.07 Å². The van der Waals surface area contributed by atoms with Gasteiger partial charge in [-0.15, -0.1) is 5.10 Å². The van der Waals surface area contributed by atoms with Crippen molar-refractivity contribution in [1.29, 1.82) is 0 Å². The van der Waals surface area contributed by atoms with Gasteiger partial charge in [-0.3, -0.25) is 4.79 Å². The summed E-state index contributed by atoms with van der Waals surface area (Å²) in [5, 5.41) is 8.56. The third-order valence-electron chi connectivity index (χ3n) is 5.94. The average molecular weight is 376 g/mol. The van der Waals surface area contributed by atoms with Crippen LogP contribution in [-0.2, 0) is 23.3 Å². The SMILES string of the molecule is CC1Cc2ccc(F)cc2CN1C(=O)C1(n2cc(-c3ccccc3)nn2)CC1. The first-order valence-electron chi connectivity index (χ1n) is 9.63. The highest BCUT2D eigenvalue weighted by molar-refractivity contribution is 5.88. The minimum Gasteiger partial charge on any atom is -0.333 e. The number of fused-ring (bicyclic) bond motifs is 1. The van der Waals surface area contributed by atoms with Crippen LogP contribution in [0.3, 0.4) is 0 Å². The van der Waals surface area contributed by atoms with Crippen LogP contribution in [0.5, 0.6) is 0 Å². The van der Waals surface area contributed by atoms with Gasteiger partial charge in [0.2, 0.25) is 0 Å². The fraction of sp³-hybridized carbons (Fsp3) is 0.318. The summed E-state index contributed by atoms with van der Waals surface area (Å²) in [4.78, 5) is 15.4. The summed E-state index contributed by atoms with van der Waals surface area (Å²) >= 11 is 0. The molecule has 0 N–H and O–H groups in total. The molecule has 1 amide bonds. The standard InChI is InChI=1S/C22H21FN4O/c1-15-11-17-7-8-19(23)12-18(17)13-26(15)21(28)22(9-10-22)27-14-20(24-25-27)16-5-3-2-4-6-16/h2-8,12,14-15H,9-11,13H2,1H3. The Hall–Kier alpha value is -3.02. The molecule has 6 heteroatoms. The van der Waals surface area contributed by atoms with Crippen molar-refractivity contribution in [2.45, 2.75) is 44.3 Å². The fourth-order valence-electron chi connectivity index (χ4n) is 4.12. The molecule has 0 radical (unpaired) electrons. The molecule has 5 nitrogen and oxygen atoms in total. The van der Waals surface area contributed by atoms with Gasteiger partial charge in [-0.2, -0.15) is 0 Å². The van der Waals surface area contributed by atoms with Gasteiger partial charge in [0, 0.05) is 18.2 Å². The van der Waals surface area contributed by atoms with Crippen LogP contribution in [0.15, 0.2) is 54.7 Å². The fourth-order valence-corrected chi connectivity index (χ4v) is 4.12. The smallest absolute Gasteiger partial charge is 0.251 e. The number of halogens is 1. The summed E-state index contributed by atoms with van der Waals surface area (Å²) < 4.78 is 15.4. The number of aromatic nitrogens is 3. The lowest BCUT2D eigenvalue weighted by atomic mass is 9.94. The lowest BCUT2D eigenvalue weighted by molar-refractivity contribution is -0.140. The predicted octanol–water partition coefficient (Wildman–Crippen LogP) is 3.55. The zero-order chi connectivity index (χ0) is 19.3. The molecule has 28 heavy (non-hydrogen) atoms. The van der Waals surface area contributed by atoms with E-state index >= 15 is 0 Å². The Balaban J connectivity index is 1.43. The Labute approximate surface area is 162 Å². The summed E-state index contributed by atoms with van der Waals surface area (Å²) in [5.74, 6) is -0.204. The molecule has 1 unspecified atom stereocenters. The molecule has 3 aromatic rings. The molecule has 2 heterocycles. The van der Waals surface area contributed by atoms with E-state index in [0.717, 1.165) is 41.6 Å². The Bertz CT molecular complexity index is 1040. The van der Waals surface area contributed by atoms with Crippen molar-refractivity contribution < 1.29 is 9.18 Å². The van der Waals surface area contributed by atoms with Crippen LogP contribution >= 0.6 is 0 Å². The Morgan fingerprint density at radius 1 is 1.14 bits per heavy atom. The van der Waals surface area contributed by atoms with Crippen molar-refractivity contribution in [3.63, 3.8) is 0 Å². The minimum atomic E-state index is -0.654. The molecule has 0 bridgehead atoms. The van der Waals surface area contributed by atoms with E-state index in [1.807, 2.05) is 47.5 Å². The number of nitrogens with zero attached hydrogens (tertiary/aromatic N) is 4. The van der Waals surface area contributed by atoms with E-state index in [0.29, 0.717) is 6.54 Å². The molecule has 142 valence electrons. The van der Waals surface area contributed by atoms with Gasteiger partial charge >= 0.3 is 0 Å². The van der Waals surface area contributed by atoms with Gasteiger partial charge in [0.05, 0.1) is 6.20 Å². The van der Waals surface area contributed by atoms with E-state index in [9.17, 15) is 9.18 Å². The van der Waals surface area contributed by atoms with Gasteiger partial charge in [-0.1, -0.05) is 41.6 Å². The lowest BCUT2D eigenvalue weighted by Gasteiger charge is -2.37. The molecule has 2 aliphatic rings. The van der Waals surface area contributed by atoms with Crippen LogP contribution in [0.25, 0.3) is 11.3 Å². The van der Waals surface area contributed by atoms with Crippen LogP contribution in [-0.4, -0.2) is 31.8 Å². The molecule has 0 saturated heterocycles. The van der Waals surface area contributed by atoms with E-state index in [4.69, 9.17) is 0 Å². The minimum absolute atomic E-state index is 0.0550. The summed E-state index contributed by atoms with van der Waals surface area (Å²) in [7, 11) is 0. The third kappa shape index (κ3) is 2.71. The van der Waals surface area contributed by atoms with Crippen molar-refractivity contribution in [2.75, 3.05) is 0 Å². The first kappa shape index (κ1) is 17.1. The van der Waals surface area contributed by atoms with E-state index in [2.05, 4.69) is 17.2 Å². The van der Waals surface area contributed by atoms with Crippen LogP contribution in [0.2, 0.25) is 0 Å². The molecule has 1 aromatic heterocycles. The molecule has 1 saturated carbocycles. The average Bonchev–Trinajstić information content (AvgIpc) is 3.37. The maximum Gasteiger partial charge on any atom is 0.251 e. The van der Waals surface area contributed by atoms with Gasteiger partial charge in [-0.05, 0) is 49.4 Å². The second kappa shape index (κ2) is 6.26. The molecule has 1 aliphatic carbocycles. The molecule has 0 spiro atoms. The topological polar surface area (TPSA) is 51.0 Å². The van der Waals surface area contributed by atoms with E-state index in [-0.39, 0.29) is 17.8 Å². The highest BCUT2D eigenvalue weighted by atomic mass is 19.1. The van der Waals surface area contributed by atoms with Gasteiger partial charge in [0.1, 0.15) is 17.1 Å². The number of benzene rings is 2. The van der Waals surface area contributed by atoms with Crippen LogP contribution in [0.4, 0.5) is 4.39 Å². The van der Waals surface area contributed by atoms with Crippen LogP contribution in [0, 0.1) is 5.82 Å². The molecular weight excluding hydrogens is 355 g/mol. The van der Waals surface area contributed by atoms with Gasteiger partial charge in [0.25, 0.3) is 5.91 Å².